The van der Waals surface area contributed by atoms with Gasteiger partial charge in [0.15, 0.2) is 0 Å². The second kappa shape index (κ2) is 5.96. The molecular formula is C12H11Cl2N3. The molecule has 5 heteroatoms. The summed E-state index contributed by atoms with van der Waals surface area (Å²) < 4.78 is 0. The first-order valence-electron chi connectivity index (χ1n) is 5.15. The first kappa shape index (κ1) is 12.3. The fourth-order valence-corrected chi connectivity index (χ4v) is 1.81. The van der Waals surface area contributed by atoms with Crippen molar-refractivity contribution >= 4 is 23.2 Å². The number of nitrogens with one attached hydrogen (secondary N) is 1. The lowest BCUT2D eigenvalue weighted by Crippen LogP contribution is -2.13. The van der Waals surface area contributed by atoms with Crippen LogP contribution in [-0.2, 0) is 13.1 Å². The number of benzene rings is 1. The molecule has 0 spiro atoms. The van der Waals surface area contributed by atoms with Gasteiger partial charge in [-0.25, -0.2) is 9.97 Å². The van der Waals surface area contributed by atoms with Crippen molar-refractivity contribution < 1.29 is 0 Å². The van der Waals surface area contributed by atoms with Crippen LogP contribution in [-0.4, -0.2) is 9.97 Å². The number of nitrogens with zero attached hydrogens (tertiary/aromatic N) is 2. The summed E-state index contributed by atoms with van der Waals surface area (Å²) in [6, 6.07) is 7.30. The summed E-state index contributed by atoms with van der Waals surface area (Å²) in [4.78, 5) is 7.98. The van der Waals surface area contributed by atoms with Crippen LogP contribution in [0.3, 0.4) is 0 Å². The average Bonchev–Trinajstić information content (AvgIpc) is 2.35. The van der Waals surface area contributed by atoms with Gasteiger partial charge in [-0.2, -0.15) is 0 Å². The first-order valence-corrected chi connectivity index (χ1v) is 5.91. The topological polar surface area (TPSA) is 37.8 Å². The highest BCUT2D eigenvalue weighted by molar-refractivity contribution is 6.33. The molecule has 0 saturated carbocycles. The van der Waals surface area contributed by atoms with E-state index in [2.05, 4.69) is 15.3 Å². The fraction of sp³-hybridized carbons (Fsp3) is 0.167. The van der Waals surface area contributed by atoms with E-state index in [4.69, 9.17) is 23.2 Å². The summed E-state index contributed by atoms with van der Waals surface area (Å²) in [5.41, 5.74) is 1.92. The van der Waals surface area contributed by atoms with Crippen molar-refractivity contribution in [3.63, 3.8) is 0 Å². The predicted molar refractivity (Wildman–Crippen MR) is 69.0 cm³/mol. The molecule has 0 amide bonds. The molecule has 1 aromatic heterocycles. The summed E-state index contributed by atoms with van der Waals surface area (Å²) in [7, 11) is 0. The number of aromatic nitrogens is 2. The Kier molecular flexibility index (Phi) is 4.31. The van der Waals surface area contributed by atoms with Crippen molar-refractivity contribution in [1.29, 1.82) is 0 Å². The van der Waals surface area contributed by atoms with E-state index >= 15 is 0 Å². The fourth-order valence-electron chi connectivity index (χ4n) is 1.43. The van der Waals surface area contributed by atoms with Gasteiger partial charge in [-0.1, -0.05) is 23.2 Å². The van der Waals surface area contributed by atoms with Crippen LogP contribution in [0.1, 0.15) is 11.3 Å². The third-order valence-corrected chi connectivity index (χ3v) is 2.88. The van der Waals surface area contributed by atoms with E-state index in [0.29, 0.717) is 23.1 Å². The molecule has 0 bridgehead atoms. The molecule has 0 aliphatic rings. The van der Waals surface area contributed by atoms with Gasteiger partial charge in [-0.3, -0.25) is 0 Å². The molecule has 0 atom stereocenters. The van der Waals surface area contributed by atoms with E-state index in [1.54, 1.807) is 18.3 Å². The van der Waals surface area contributed by atoms with Gasteiger partial charge in [0.2, 0.25) is 0 Å². The maximum Gasteiger partial charge on any atom is 0.115 e. The zero-order valence-electron chi connectivity index (χ0n) is 9.03. The zero-order valence-corrected chi connectivity index (χ0v) is 10.5. The normalized spacial score (nSPS) is 10.5. The van der Waals surface area contributed by atoms with Crippen LogP contribution < -0.4 is 5.32 Å². The lowest BCUT2D eigenvalue weighted by atomic mass is 10.2. The Balaban J connectivity index is 1.92. The van der Waals surface area contributed by atoms with Crippen LogP contribution in [0, 0.1) is 0 Å². The molecule has 0 unspecified atom stereocenters. The molecule has 0 aliphatic heterocycles. The van der Waals surface area contributed by atoms with E-state index < -0.39 is 0 Å². The van der Waals surface area contributed by atoms with Crippen LogP contribution in [0.4, 0.5) is 0 Å². The van der Waals surface area contributed by atoms with Crippen molar-refractivity contribution in [1.82, 2.24) is 15.3 Å². The Morgan fingerprint density at radius 2 is 2.00 bits per heavy atom. The Bertz CT molecular complexity index is 488. The second-order valence-corrected chi connectivity index (χ2v) is 4.38. The Hall–Kier alpha value is -1.16. The number of hydrogen-bond acceptors (Lipinski definition) is 3. The van der Waals surface area contributed by atoms with Gasteiger partial charge in [0, 0.05) is 29.3 Å². The highest BCUT2D eigenvalue weighted by Crippen LogP contribution is 2.20. The molecule has 17 heavy (non-hydrogen) atoms. The molecule has 0 saturated heterocycles. The highest BCUT2D eigenvalue weighted by Gasteiger charge is 2.01. The minimum absolute atomic E-state index is 0.656. The number of hydrogen-bond donors (Lipinski definition) is 1. The SMILES string of the molecule is Clc1ccc(Cl)c(CNCc2ccncn2)c1. The minimum atomic E-state index is 0.656. The molecule has 1 N–H and O–H groups in total. The zero-order chi connectivity index (χ0) is 12.1. The van der Waals surface area contributed by atoms with E-state index in [1.807, 2.05) is 12.1 Å². The highest BCUT2D eigenvalue weighted by atomic mass is 35.5. The minimum Gasteiger partial charge on any atom is -0.307 e. The second-order valence-electron chi connectivity index (χ2n) is 3.54. The van der Waals surface area contributed by atoms with Crippen LogP contribution in [0.25, 0.3) is 0 Å². The summed E-state index contributed by atoms with van der Waals surface area (Å²) in [5.74, 6) is 0. The number of halogens is 2. The lowest BCUT2D eigenvalue weighted by Gasteiger charge is -2.06. The summed E-state index contributed by atoms with van der Waals surface area (Å²) in [5, 5.41) is 4.65. The van der Waals surface area contributed by atoms with Crippen molar-refractivity contribution in [2.75, 3.05) is 0 Å². The molecule has 2 aromatic rings. The third-order valence-electron chi connectivity index (χ3n) is 2.27. The van der Waals surface area contributed by atoms with Crippen molar-refractivity contribution in [2.45, 2.75) is 13.1 Å². The molecule has 0 aliphatic carbocycles. The van der Waals surface area contributed by atoms with E-state index in [0.717, 1.165) is 11.3 Å². The molecule has 88 valence electrons. The Morgan fingerprint density at radius 3 is 2.76 bits per heavy atom. The summed E-state index contributed by atoms with van der Waals surface area (Å²) in [6.45, 7) is 1.33. The largest absolute Gasteiger partial charge is 0.307 e. The van der Waals surface area contributed by atoms with Gasteiger partial charge < -0.3 is 5.32 Å². The molecule has 0 fully saturated rings. The van der Waals surface area contributed by atoms with Gasteiger partial charge in [-0.05, 0) is 29.8 Å². The maximum atomic E-state index is 6.05. The van der Waals surface area contributed by atoms with E-state index in [9.17, 15) is 0 Å². The maximum absolute atomic E-state index is 6.05. The van der Waals surface area contributed by atoms with Crippen LogP contribution >= 0.6 is 23.2 Å². The molecular weight excluding hydrogens is 257 g/mol. The van der Waals surface area contributed by atoms with Crippen molar-refractivity contribution in [3.8, 4) is 0 Å². The molecule has 3 nitrogen and oxygen atoms in total. The van der Waals surface area contributed by atoms with Crippen LogP contribution in [0.2, 0.25) is 10.0 Å². The van der Waals surface area contributed by atoms with E-state index in [1.165, 1.54) is 6.33 Å². The Labute approximate surface area is 110 Å². The van der Waals surface area contributed by atoms with Crippen LogP contribution in [0.5, 0.6) is 0 Å². The number of rotatable bonds is 4. The first-order chi connectivity index (χ1) is 8.25. The summed E-state index contributed by atoms with van der Waals surface area (Å²) >= 11 is 12.0. The molecule has 1 heterocycles. The average molecular weight is 268 g/mol. The smallest absolute Gasteiger partial charge is 0.115 e. The quantitative estimate of drug-likeness (QED) is 0.926. The lowest BCUT2D eigenvalue weighted by molar-refractivity contribution is 0.678. The van der Waals surface area contributed by atoms with Gasteiger partial charge in [0.1, 0.15) is 6.33 Å². The summed E-state index contributed by atoms with van der Waals surface area (Å²) in [6.07, 6.45) is 3.25. The standard InChI is InChI=1S/C12H11Cl2N3/c13-10-1-2-12(14)9(5-10)6-16-7-11-3-4-15-8-17-11/h1-5,8,16H,6-7H2. The monoisotopic (exact) mass is 267 g/mol. The molecule has 2 rings (SSSR count). The predicted octanol–water partition coefficient (Wildman–Crippen LogP) is 3.07. The van der Waals surface area contributed by atoms with Gasteiger partial charge in [0.25, 0.3) is 0 Å². The van der Waals surface area contributed by atoms with Gasteiger partial charge >= 0.3 is 0 Å². The van der Waals surface area contributed by atoms with Crippen LogP contribution in [0.15, 0.2) is 36.8 Å². The van der Waals surface area contributed by atoms with Crippen molar-refractivity contribution in [3.05, 3.63) is 58.1 Å². The third kappa shape index (κ3) is 3.66. The van der Waals surface area contributed by atoms with Crippen molar-refractivity contribution in [2.24, 2.45) is 0 Å². The molecule has 0 radical (unpaired) electrons. The molecule has 1 aromatic carbocycles. The van der Waals surface area contributed by atoms with Gasteiger partial charge in [0.05, 0.1) is 5.69 Å². The van der Waals surface area contributed by atoms with Gasteiger partial charge in [-0.15, -0.1) is 0 Å². The van der Waals surface area contributed by atoms with E-state index in [-0.39, 0.29) is 0 Å². The Morgan fingerprint density at radius 1 is 1.12 bits per heavy atom.